The Balaban J connectivity index is 1.45. The maximum atomic E-state index is 13.7. The molecule has 5 rings (SSSR count). The van der Waals surface area contributed by atoms with Crippen molar-refractivity contribution >= 4 is 44.9 Å². The Hall–Kier alpha value is -2.16. The highest BCUT2D eigenvalue weighted by Gasteiger charge is 2.26. The third-order valence-corrected chi connectivity index (χ3v) is 8.67. The summed E-state index contributed by atoms with van der Waals surface area (Å²) in [6.07, 6.45) is 5.06. The lowest BCUT2D eigenvalue weighted by Crippen LogP contribution is -2.29. The number of nitrogens with one attached hydrogen (secondary N) is 1. The minimum Gasteiger partial charge on any atom is -0.376 e. The van der Waals surface area contributed by atoms with Crippen LogP contribution in [0.5, 0.6) is 0 Å². The van der Waals surface area contributed by atoms with Gasteiger partial charge < -0.3 is 10.1 Å². The van der Waals surface area contributed by atoms with Crippen LogP contribution in [0.4, 0.5) is 5.69 Å². The van der Waals surface area contributed by atoms with Crippen LogP contribution in [-0.2, 0) is 28.9 Å². The Morgan fingerprint density at radius 3 is 2.97 bits per heavy atom. The topological polar surface area (TPSA) is 73.2 Å². The number of thioether (sulfide) groups is 1. The monoisotopic (exact) mass is 483 g/mol. The highest BCUT2D eigenvalue weighted by Crippen LogP contribution is 2.36. The van der Waals surface area contributed by atoms with E-state index in [0.717, 1.165) is 60.2 Å². The lowest BCUT2D eigenvalue weighted by Gasteiger charge is -2.18. The Morgan fingerprint density at radius 1 is 1.33 bits per heavy atom. The van der Waals surface area contributed by atoms with E-state index in [9.17, 15) is 9.59 Å². The number of para-hydroxylation sites is 1. The minimum absolute atomic E-state index is 0.0179. The first-order valence-electron chi connectivity index (χ1n) is 11.6. The SMILES string of the molecule is Cc1ccccc1NC(=O)CSc1nc2sc3c(c2c(=O)n1CC1CCCO1)CCC(C)C3. The number of benzene rings is 1. The average molecular weight is 484 g/mol. The van der Waals surface area contributed by atoms with E-state index in [2.05, 4.69) is 12.2 Å². The third kappa shape index (κ3) is 4.74. The number of rotatable bonds is 6. The Kier molecular flexibility index (Phi) is 6.58. The van der Waals surface area contributed by atoms with Crippen LogP contribution in [0.15, 0.2) is 34.2 Å². The van der Waals surface area contributed by atoms with Crippen molar-refractivity contribution in [2.75, 3.05) is 17.7 Å². The molecule has 0 bridgehead atoms. The molecule has 0 radical (unpaired) electrons. The van der Waals surface area contributed by atoms with Crippen LogP contribution in [0, 0.1) is 12.8 Å². The van der Waals surface area contributed by atoms with E-state index in [-0.39, 0.29) is 23.3 Å². The van der Waals surface area contributed by atoms with Gasteiger partial charge in [-0.05, 0) is 62.1 Å². The van der Waals surface area contributed by atoms with Crippen LogP contribution in [0.2, 0.25) is 0 Å². The van der Waals surface area contributed by atoms with Crippen molar-refractivity contribution < 1.29 is 9.53 Å². The summed E-state index contributed by atoms with van der Waals surface area (Å²) in [5.41, 5.74) is 3.04. The van der Waals surface area contributed by atoms with Crippen LogP contribution in [0.1, 0.15) is 42.2 Å². The van der Waals surface area contributed by atoms with E-state index in [4.69, 9.17) is 9.72 Å². The zero-order chi connectivity index (χ0) is 22.9. The molecule has 6 nitrogen and oxygen atoms in total. The van der Waals surface area contributed by atoms with Gasteiger partial charge in [-0.25, -0.2) is 4.98 Å². The molecule has 1 aliphatic heterocycles. The molecule has 3 heterocycles. The number of fused-ring (bicyclic) bond motifs is 3. The first-order chi connectivity index (χ1) is 16.0. The molecule has 1 aliphatic carbocycles. The summed E-state index contributed by atoms with van der Waals surface area (Å²) >= 11 is 2.98. The number of aryl methyl sites for hydroxylation is 2. The van der Waals surface area contributed by atoms with Gasteiger partial charge in [0.05, 0.1) is 23.8 Å². The lowest BCUT2D eigenvalue weighted by atomic mass is 9.89. The normalized spacial score (nSPS) is 20.2. The number of hydrogen-bond acceptors (Lipinski definition) is 6. The van der Waals surface area contributed by atoms with Gasteiger partial charge in [-0.1, -0.05) is 36.9 Å². The molecule has 2 aromatic heterocycles. The number of hydrogen-bond donors (Lipinski definition) is 1. The first-order valence-corrected chi connectivity index (χ1v) is 13.4. The van der Waals surface area contributed by atoms with Gasteiger partial charge in [0.1, 0.15) is 4.83 Å². The summed E-state index contributed by atoms with van der Waals surface area (Å²) in [7, 11) is 0. The molecule has 1 aromatic carbocycles. The molecule has 2 unspecified atom stereocenters. The Morgan fingerprint density at radius 2 is 2.18 bits per heavy atom. The predicted molar refractivity (Wildman–Crippen MR) is 135 cm³/mol. The molecule has 33 heavy (non-hydrogen) atoms. The maximum Gasteiger partial charge on any atom is 0.263 e. The van der Waals surface area contributed by atoms with E-state index in [0.29, 0.717) is 17.6 Å². The number of carbonyl (C=O) groups excluding carboxylic acids is 1. The molecule has 2 atom stereocenters. The Bertz CT molecular complexity index is 1240. The predicted octanol–water partition coefficient (Wildman–Crippen LogP) is 4.80. The minimum atomic E-state index is -0.105. The highest BCUT2D eigenvalue weighted by molar-refractivity contribution is 7.99. The van der Waals surface area contributed by atoms with Crippen LogP contribution in [0.25, 0.3) is 10.2 Å². The van der Waals surface area contributed by atoms with Crippen LogP contribution in [0.3, 0.4) is 0 Å². The smallest absolute Gasteiger partial charge is 0.263 e. The summed E-state index contributed by atoms with van der Waals surface area (Å²) in [5, 5.41) is 4.36. The summed E-state index contributed by atoms with van der Waals surface area (Å²) in [6, 6.07) is 7.72. The second-order valence-corrected chi connectivity index (χ2v) is 11.2. The van der Waals surface area contributed by atoms with Crippen molar-refractivity contribution in [3.05, 3.63) is 50.6 Å². The fourth-order valence-electron chi connectivity index (χ4n) is 4.70. The zero-order valence-electron chi connectivity index (χ0n) is 19.1. The van der Waals surface area contributed by atoms with Crippen LogP contribution >= 0.6 is 23.1 Å². The average Bonchev–Trinajstić information content (AvgIpc) is 3.43. The molecule has 1 amide bonds. The van der Waals surface area contributed by atoms with Crippen molar-refractivity contribution in [2.45, 2.75) is 63.8 Å². The first kappa shape index (κ1) is 22.6. The van der Waals surface area contributed by atoms with E-state index in [1.165, 1.54) is 22.2 Å². The van der Waals surface area contributed by atoms with Gasteiger partial charge in [-0.15, -0.1) is 11.3 Å². The summed E-state index contributed by atoms with van der Waals surface area (Å²) in [5.74, 6) is 0.727. The zero-order valence-corrected chi connectivity index (χ0v) is 20.7. The number of aromatic nitrogens is 2. The molecule has 1 N–H and O–H groups in total. The van der Waals surface area contributed by atoms with Crippen LogP contribution < -0.4 is 10.9 Å². The molecule has 8 heteroatoms. The fraction of sp³-hybridized carbons (Fsp3) is 0.480. The van der Waals surface area contributed by atoms with Crippen molar-refractivity contribution in [3.8, 4) is 0 Å². The summed E-state index contributed by atoms with van der Waals surface area (Å²) in [4.78, 5) is 33.4. The van der Waals surface area contributed by atoms with Gasteiger partial charge in [-0.3, -0.25) is 14.2 Å². The second-order valence-electron chi connectivity index (χ2n) is 9.13. The molecule has 3 aromatic rings. The number of ether oxygens (including phenoxy) is 1. The molecule has 0 saturated carbocycles. The molecule has 2 aliphatic rings. The van der Waals surface area contributed by atoms with Gasteiger partial charge in [0.2, 0.25) is 5.91 Å². The number of nitrogens with zero attached hydrogens (tertiary/aromatic N) is 2. The van der Waals surface area contributed by atoms with Crippen molar-refractivity contribution in [2.24, 2.45) is 5.92 Å². The third-order valence-electron chi connectivity index (χ3n) is 6.54. The maximum absolute atomic E-state index is 13.7. The van der Waals surface area contributed by atoms with Crippen LogP contribution in [-0.4, -0.2) is 33.9 Å². The summed E-state index contributed by atoms with van der Waals surface area (Å²) in [6.45, 7) is 5.47. The van der Waals surface area contributed by atoms with E-state index in [1.807, 2.05) is 31.2 Å². The van der Waals surface area contributed by atoms with Gasteiger partial charge in [-0.2, -0.15) is 0 Å². The fourth-order valence-corrected chi connectivity index (χ4v) is 6.93. The number of thiophene rings is 1. The molecular weight excluding hydrogens is 454 g/mol. The lowest BCUT2D eigenvalue weighted by molar-refractivity contribution is -0.113. The molecule has 174 valence electrons. The van der Waals surface area contributed by atoms with Crippen molar-refractivity contribution in [3.63, 3.8) is 0 Å². The Labute approximate surface area is 201 Å². The van der Waals surface area contributed by atoms with Gasteiger partial charge in [0.25, 0.3) is 5.56 Å². The van der Waals surface area contributed by atoms with Gasteiger partial charge >= 0.3 is 0 Å². The van der Waals surface area contributed by atoms with Crippen molar-refractivity contribution in [1.82, 2.24) is 9.55 Å². The molecule has 0 spiro atoms. The highest BCUT2D eigenvalue weighted by atomic mass is 32.2. The van der Waals surface area contributed by atoms with E-state index >= 15 is 0 Å². The largest absolute Gasteiger partial charge is 0.376 e. The number of amides is 1. The second kappa shape index (κ2) is 9.60. The van der Waals surface area contributed by atoms with E-state index < -0.39 is 0 Å². The van der Waals surface area contributed by atoms with Crippen molar-refractivity contribution in [1.29, 1.82) is 0 Å². The van der Waals surface area contributed by atoms with Gasteiger partial charge in [0, 0.05) is 17.2 Å². The summed E-state index contributed by atoms with van der Waals surface area (Å²) < 4.78 is 7.59. The number of carbonyl (C=O) groups is 1. The quantitative estimate of drug-likeness (QED) is 0.403. The standard InChI is InChI=1S/C25H29N3O3S2/c1-15-9-10-18-20(12-15)33-23-22(18)24(30)28(13-17-7-5-11-31-17)25(27-23)32-14-21(29)26-19-8-4-3-6-16(19)2/h3-4,6,8,15,17H,5,7,9-14H2,1-2H3,(H,26,29). The number of anilines is 1. The van der Waals surface area contributed by atoms with E-state index in [1.54, 1.807) is 15.9 Å². The molecule has 1 saturated heterocycles. The van der Waals surface area contributed by atoms with Gasteiger partial charge in [0.15, 0.2) is 5.16 Å². The molecule has 1 fully saturated rings. The molecular formula is C25H29N3O3S2.